The van der Waals surface area contributed by atoms with Gasteiger partial charge in [0.2, 0.25) is 0 Å². The molecule has 2 rings (SSSR count). The summed E-state index contributed by atoms with van der Waals surface area (Å²) in [5.74, 6) is -0.250. The largest absolute Gasteiger partial charge is 0.348 e. The van der Waals surface area contributed by atoms with Crippen LogP contribution in [0.1, 0.15) is 32.6 Å². The van der Waals surface area contributed by atoms with Crippen molar-refractivity contribution in [2.75, 3.05) is 13.2 Å². The Balaban J connectivity index is 1.97. The van der Waals surface area contributed by atoms with Gasteiger partial charge in [0.1, 0.15) is 0 Å². The molecule has 1 heterocycles. The van der Waals surface area contributed by atoms with Crippen LogP contribution in [0.5, 0.6) is 0 Å². The zero-order valence-electron chi connectivity index (χ0n) is 8.59. The van der Waals surface area contributed by atoms with Gasteiger partial charge in [-0.15, -0.1) is 0 Å². The third-order valence-electron chi connectivity index (χ3n) is 3.43. The molecule has 1 aliphatic heterocycles. The van der Waals surface area contributed by atoms with Gasteiger partial charge in [-0.25, -0.2) is 0 Å². The summed E-state index contributed by atoms with van der Waals surface area (Å²) in [7, 11) is 0. The molecule has 1 saturated carbocycles. The van der Waals surface area contributed by atoms with Crippen molar-refractivity contribution >= 4 is 11.6 Å². The topological polar surface area (TPSA) is 18.5 Å². The molecule has 0 aromatic rings. The summed E-state index contributed by atoms with van der Waals surface area (Å²) in [6.45, 7) is 3.75. The molecule has 0 aromatic heterocycles. The van der Waals surface area contributed by atoms with Crippen LogP contribution in [0.4, 0.5) is 0 Å². The van der Waals surface area contributed by atoms with Gasteiger partial charge in [-0.3, -0.25) is 0 Å². The molecule has 2 nitrogen and oxygen atoms in total. The number of hydrogen-bond donors (Lipinski definition) is 0. The smallest absolute Gasteiger partial charge is 0.168 e. The fourth-order valence-electron chi connectivity index (χ4n) is 2.31. The van der Waals surface area contributed by atoms with Gasteiger partial charge in [-0.2, -0.15) is 0 Å². The normalized spacial score (nSPS) is 30.1. The van der Waals surface area contributed by atoms with Gasteiger partial charge in [0.25, 0.3) is 0 Å². The lowest BCUT2D eigenvalue weighted by Gasteiger charge is -2.40. The highest BCUT2D eigenvalue weighted by atomic mass is 35.5. The van der Waals surface area contributed by atoms with Crippen molar-refractivity contribution in [2.24, 2.45) is 5.41 Å². The first-order chi connectivity index (χ1) is 6.68. The minimum atomic E-state index is -0.250. The summed E-state index contributed by atoms with van der Waals surface area (Å²) in [4.78, 5) is 0. The molecule has 0 unspecified atom stereocenters. The first kappa shape index (κ1) is 10.5. The molecule has 2 fully saturated rings. The second kappa shape index (κ2) is 3.84. The van der Waals surface area contributed by atoms with Gasteiger partial charge in [0.15, 0.2) is 5.79 Å². The molecule has 0 bridgehead atoms. The summed E-state index contributed by atoms with van der Waals surface area (Å²) < 4.78 is 11.3. The van der Waals surface area contributed by atoms with Crippen LogP contribution < -0.4 is 0 Å². The Kier molecular flexibility index (Phi) is 2.87. The maximum atomic E-state index is 5.67. The molecule has 80 valence electrons. The second-order valence-electron chi connectivity index (χ2n) is 4.55. The highest BCUT2D eigenvalue weighted by Crippen LogP contribution is 2.45. The standard InChI is InChI=1S/C11H17ClO2/c1-10(6-7-12)2-4-11(5-3-10)13-8-9-14-11/h6-7H,2-5,8-9H2,1H3. The van der Waals surface area contributed by atoms with Crippen LogP contribution in [-0.2, 0) is 9.47 Å². The minimum absolute atomic E-state index is 0.238. The number of allylic oxidation sites excluding steroid dienone is 1. The molecular formula is C11H17ClO2. The van der Waals surface area contributed by atoms with Gasteiger partial charge in [0, 0.05) is 18.4 Å². The maximum Gasteiger partial charge on any atom is 0.168 e. The van der Waals surface area contributed by atoms with Crippen molar-refractivity contribution in [1.82, 2.24) is 0 Å². The van der Waals surface area contributed by atoms with Crippen molar-refractivity contribution in [3.05, 3.63) is 11.6 Å². The molecular weight excluding hydrogens is 200 g/mol. The van der Waals surface area contributed by atoms with E-state index < -0.39 is 0 Å². The average molecular weight is 217 g/mol. The average Bonchev–Trinajstić information content (AvgIpc) is 2.61. The lowest BCUT2D eigenvalue weighted by Crippen LogP contribution is -2.38. The summed E-state index contributed by atoms with van der Waals surface area (Å²) in [5.41, 5.74) is 1.87. The van der Waals surface area contributed by atoms with E-state index in [4.69, 9.17) is 21.1 Å². The van der Waals surface area contributed by atoms with E-state index in [9.17, 15) is 0 Å². The van der Waals surface area contributed by atoms with Crippen LogP contribution >= 0.6 is 11.6 Å². The Morgan fingerprint density at radius 2 is 1.64 bits per heavy atom. The zero-order chi connectivity index (χ0) is 10.1. The molecule has 1 spiro atoms. The Morgan fingerprint density at radius 1 is 1.07 bits per heavy atom. The fraction of sp³-hybridized carbons (Fsp3) is 0.818. The van der Waals surface area contributed by atoms with E-state index in [0.717, 1.165) is 38.9 Å². The van der Waals surface area contributed by atoms with E-state index in [0.29, 0.717) is 0 Å². The lowest BCUT2D eigenvalue weighted by atomic mass is 9.73. The van der Waals surface area contributed by atoms with Gasteiger partial charge in [-0.1, -0.05) is 24.6 Å². The predicted octanol–water partition coefficient (Wildman–Crippen LogP) is 3.06. The molecule has 3 heteroatoms. The van der Waals surface area contributed by atoms with E-state index in [1.165, 1.54) is 0 Å². The molecule has 0 N–H and O–H groups in total. The SMILES string of the molecule is CC1(C=CCl)CCC2(CC1)OCCO2. The summed E-state index contributed by atoms with van der Waals surface area (Å²) in [5, 5.41) is 0. The molecule has 2 aliphatic rings. The Labute approximate surface area is 90.2 Å². The zero-order valence-corrected chi connectivity index (χ0v) is 9.35. The third kappa shape index (κ3) is 1.97. The number of rotatable bonds is 1. The number of ether oxygens (including phenoxy) is 2. The van der Waals surface area contributed by atoms with E-state index >= 15 is 0 Å². The molecule has 0 radical (unpaired) electrons. The molecule has 0 atom stereocenters. The van der Waals surface area contributed by atoms with Crippen molar-refractivity contribution in [2.45, 2.75) is 38.4 Å². The summed E-state index contributed by atoms with van der Waals surface area (Å²) in [6.07, 6.45) is 6.26. The lowest BCUT2D eigenvalue weighted by molar-refractivity contribution is -0.186. The molecule has 1 saturated heterocycles. The van der Waals surface area contributed by atoms with Crippen LogP contribution in [0, 0.1) is 5.41 Å². The highest BCUT2D eigenvalue weighted by Gasteiger charge is 2.43. The van der Waals surface area contributed by atoms with Crippen molar-refractivity contribution in [3.8, 4) is 0 Å². The predicted molar refractivity (Wildman–Crippen MR) is 56.2 cm³/mol. The van der Waals surface area contributed by atoms with E-state index in [2.05, 4.69) is 13.0 Å². The molecule has 14 heavy (non-hydrogen) atoms. The van der Waals surface area contributed by atoms with Crippen LogP contribution in [0.2, 0.25) is 0 Å². The van der Waals surface area contributed by atoms with Gasteiger partial charge in [-0.05, 0) is 18.3 Å². The highest BCUT2D eigenvalue weighted by molar-refractivity contribution is 6.25. The summed E-state index contributed by atoms with van der Waals surface area (Å²) >= 11 is 5.63. The molecule has 1 aliphatic carbocycles. The van der Waals surface area contributed by atoms with Gasteiger partial charge >= 0.3 is 0 Å². The Bertz CT molecular complexity index is 221. The van der Waals surface area contributed by atoms with Crippen LogP contribution in [0.3, 0.4) is 0 Å². The van der Waals surface area contributed by atoms with Crippen LogP contribution in [-0.4, -0.2) is 19.0 Å². The second-order valence-corrected chi connectivity index (χ2v) is 4.81. The van der Waals surface area contributed by atoms with E-state index in [1.54, 1.807) is 5.54 Å². The van der Waals surface area contributed by atoms with Crippen molar-refractivity contribution in [1.29, 1.82) is 0 Å². The quantitative estimate of drug-likeness (QED) is 0.671. The first-order valence-corrected chi connectivity index (χ1v) is 5.68. The summed E-state index contributed by atoms with van der Waals surface area (Å²) in [6, 6.07) is 0. The molecule has 0 amide bonds. The van der Waals surface area contributed by atoms with Crippen LogP contribution in [0.15, 0.2) is 11.6 Å². The van der Waals surface area contributed by atoms with Crippen LogP contribution in [0.25, 0.3) is 0 Å². The fourth-order valence-corrected chi connectivity index (χ4v) is 2.61. The monoisotopic (exact) mass is 216 g/mol. The molecule has 0 aromatic carbocycles. The Hall–Kier alpha value is -0.0500. The minimum Gasteiger partial charge on any atom is -0.348 e. The van der Waals surface area contributed by atoms with Crippen molar-refractivity contribution < 1.29 is 9.47 Å². The maximum absolute atomic E-state index is 5.67. The van der Waals surface area contributed by atoms with E-state index in [-0.39, 0.29) is 11.2 Å². The number of hydrogen-bond acceptors (Lipinski definition) is 2. The Morgan fingerprint density at radius 3 is 2.14 bits per heavy atom. The van der Waals surface area contributed by atoms with Gasteiger partial charge in [0.05, 0.1) is 13.2 Å². The number of halogens is 1. The third-order valence-corrected chi connectivity index (χ3v) is 3.56. The van der Waals surface area contributed by atoms with Crippen molar-refractivity contribution in [3.63, 3.8) is 0 Å². The van der Waals surface area contributed by atoms with Gasteiger partial charge < -0.3 is 9.47 Å². The van der Waals surface area contributed by atoms with E-state index in [1.807, 2.05) is 0 Å². The first-order valence-electron chi connectivity index (χ1n) is 5.24.